The predicted molar refractivity (Wildman–Crippen MR) is 59.8 cm³/mol. The van der Waals surface area contributed by atoms with Crippen LogP contribution in [0.3, 0.4) is 0 Å². The predicted octanol–water partition coefficient (Wildman–Crippen LogP) is 1.92. The molecule has 1 aliphatic heterocycles. The lowest BCUT2D eigenvalue weighted by Gasteiger charge is -2.15. The van der Waals surface area contributed by atoms with Crippen LogP contribution < -0.4 is 5.32 Å². The van der Waals surface area contributed by atoms with Crippen molar-refractivity contribution in [3.8, 4) is 0 Å². The molecule has 2 N–H and O–H groups in total. The van der Waals surface area contributed by atoms with Gasteiger partial charge < -0.3 is 10.4 Å². The van der Waals surface area contributed by atoms with E-state index >= 15 is 0 Å². The van der Waals surface area contributed by atoms with Crippen molar-refractivity contribution in [1.82, 2.24) is 0 Å². The van der Waals surface area contributed by atoms with Gasteiger partial charge in [-0.3, -0.25) is 4.79 Å². The van der Waals surface area contributed by atoms with Crippen molar-refractivity contribution < 1.29 is 14.7 Å². The zero-order valence-corrected chi connectivity index (χ0v) is 9.42. The van der Waals surface area contributed by atoms with Crippen LogP contribution in [-0.4, -0.2) is 17.0 Å². The standard InChI is InChI=1S/C12H13NO3/c1-6-4-7(10(14)15)9-8(5-6)12(2,3)11(16)13-9/h4-5H,1-3H3,(H,13,16)(H,14,15). The topological polar surface area (TPSA) is 66.4 Å². The van der Waals surface area contributed by atoms with Crippen molar-refractivity contribution >= 4 is 17.6 Å². The maximum Gasteiger partial charge on any atom is 0.337 e. The highest BCUT2D eigenvalue weighted by molar-refractivity contribution is 6.11. The lowest BCUT2D eigenvalue weighted by Crippen LogP contribution is -2.26. The molecule has 1 amide bonds. The Morgan fingerprint density at radius 1 is 1.38 bits per heavy atom. The summed E-state index contributed by atoms with van der Waals surface area (Å²) in [5, 5.41) is 11.7. The number of aryl methyl sites for hydroxylation is 1. The van der Waals surface area contributed by atoms with E-state index < -0.39 is 11.4 Å². The highest BCUT2D eigenvalue weighted by Crippen LogP contribution is 2.40. The molecule has 0 aliphatic carbocycles. The van der Waals surface area contributed by atoms with E-state index in [1.165, 1.54) is 0 Å². The van der Waals surface area contributed by atoms with Gasteiger partial charge in [-0.15, -0.1) is 0 Å². The van der Waals surface area contributed by atoms with Crippen LogP contribution in [0.5, 0.6) is 0 Å². The number of rotatable bonds is 1. The Bertz CT molecular complexity index is 503. The van der Waals surface area contributed by atoms with Crippen molar-refractivity contribution in [2.24, 2.45) is 0 Å². The number of hydrogen-bond donors (Lipinski definition) is 2. The molecule has 0 fully saturated rings. The van der Waals surface area contributed by atoms with Crippen LogP contribution in [0.15, 0.2) is 12.1 Å². The van der Waals surface area contributed by atoms with Gasteiger partial charge in [0.2, 0.25) is 5.91 Å². The summed E-state index contributed by atoms with van der Waals surface area (Å²) in [5.41, 5.74) is 1.55. The number of carboxylic acids is 1. The van der Waals surface area contributed by atoms with E-state index in [9.17, 15) is 9.59 Å². The van der Waals surface area contributed by atoms with Gasteiger partial charge in [-0.25, -0.2) is 4.79 Å². The Morgan fingerprint density at radius 2 is 2.00 bits per heavy atom. The molecule has 0 spiro atoms. The van der Waals surface area contributed by atoms with Crippen molar-refractivity contribution in [3.05, 3.63) is 28.8 Å². The van der Waals surface area contributed by atoms with E-state index in [1.54, 1.807) is 19.9 Å². The van der Waals surface area contributed by atoms with Crippen LogP contribution in [0, 0.1) is 6.92 Å². The number of carbonyl (C=O) groups is 2. The van der Waals surface area contributed by atoms with Gasteiger partial charge in [0.1, 0.15) is 0 Å². The minimum Gasteiger partial charge on any atom is -0.478 e. The zero-order chi connectivity index (χ0) is 12.1. The number of carbonyl (C=O) groups excluding carboxylic acids is 1. The van der Waals surface area contributed by atoms with Crippen LogP contribution in [0.1, 0.15) is 35.3 Å². The first-order valence-electron chi connectivity index (χ1n) is 5.04. The van der Waals surface area contributed by atoms with E-state index in [4.69, 9.17) is 5.11 Å². The summed E-state index contributed by atoms with van der Waals surface area (Å²) in [6, 6.07) is 3.43. The molecule has 1 aromatic carbocycles. The number of nitrogens with one attached hydrogen (secondary N) is 1. The maximum absolute atomic E-state index is 11.7. The Labute approximate surface area is 93.3 Å². The van der Waals surface area contributed by atoms with Crippen LogP contribution in [-0.2, 0) is 10.2 Å². The molecule has 4 nitrogen and oxygen atoms in total. The third kappa shape index (κ3) is 1.30. The van der Waals surface area contributed by atoms with E-state index in [1.807, 2.05) is 13.0 Å². The van der Waals surface area contributed by atoms with Crippen molar-refractivity contribution in [2.75, 3.05) is 5.32 Å². The van der Waals surface area contributed by atoms with Gasteiger partial charge in [-0.05, 0) is 38.0 Å². The van der Waals surface area contributed by atoms with E-state index in [-0.39, 0.29) is 11.5 Å². The molecule has 16 heavy (non-hydrogen) atoms. The summed E-state index contributed by atoms with van der Waals surface area (Å²) in [6.45, 7) is 5.41. The molecule has 0 saturated carbocycles. The van der Waals surface area contributed by atoms with Gasteiger partial charge in [-0.2, -0.15) is 0 Å². The molecule has 0 atom stereocenters. The number of benzene rings is 1. The summed E-state index contributed by atoms with van der Waals surface area (Å²) < 4.78 is 0. The molecule has 84 valence electrons. The van der Waals surface area contributed by atoms with Crippen LogP contribution in [0.4, 0.5) is 5.69 Å². The molecule has 1 aromatic rings. The average Bonchev–Trinajstić information content (AvgIpc) is 2.39. The van der Waals surface area contributed by atoms with Gasteiger partial charge >= 0.3 is 5.97 Å². The zero-order valence-electron chi connectivity index (χ0n) is 9.42. The summed E-state index contributed by atoms with van der Waals surface area (Å²) >= 11 is 0. The first-order valence-corrected chi connectivity index (χ1v) is 5.04. The fourth-order valence-corrected chi connectivity index (χ4v) is 1.97. The SMILES string of the molecule is Cc1cc(C(=O)O)c2c(c1)C(C)(C)C(=O)N2. The van der Waals surface area contributed by atoms with Crippen molar-refractivity contribution in [1.29, 1.82) is 0 Å². The Kier molecular flexibility index (Phi) is 2.05. The maximum atomic E-state index is 11.7. The number of amides is 1. The number of fused-ring (bicyclic) bond motifs is 1. The third-order valence-corrected chi connectivity index (χ3v) is 2.99. The average molecular weight is 219 g/mol. The van der Waals surface area contributed by atoms with E-state index in [2.05, 4.69) is 5.32 Å². The number of carboxylic acid groups (broad SMARTS) is 1. The minimum absolute atomic E-state index is 0.157. The monoisotopic (exact) mass is 219 g/mol. The first-order chi connectivity index (χ1) is 7.34. The molecule has 0 aromatic heterocycles. The lowest BCUT2D eigenvalue weighted by atomic mass is 9.84. The summed E-state index contributed by atoms with van der Waals surface area (Å²) in [7, 11) is 0. The number of anilines is 1. The normalized spacial score (nSPS) is 16.8. The fraction of sp³-hybridized carbons (Fsp3) is 0.333. The molecule has 0 unspecified atom stereocenters. The Hall–Kier alpha value is -1.84. The highest BCUT2D eigenvalue weighted by atomic mass is 16.4. The fourth-order valence-electron chi connectivity index (χ4n) is 1.97. The molecule has 4 heteroatoms. The van der Waals surface area contributed by atoms with E-state index in [0.29, 0.717) is 5.69 Å². The molecule has 1 aliphatic rings. The second kappa shape index (κ2) is 3.07. The van der Waals surface area contributed by atoms with Crippen LogP contribution in [0.25, 0.3) is 0 Å². The minimum atomic E-state index is -1.02. The molecule has 0 radical (unpaired) electrons. The van der Waals surface area contributed by atoms with E-state index in [0.717, 1.165) is 11.1 Å². The largest absolute Gasteiger partial charge is 0.478 e. The number of hydrogen-bond acceptors (Lipinski definition) is 2. The second-order valence-electron chi connectivity index (χ2n) is 4.62. The van der Waals surface area contributed by atoms with Gasteiger partial charge in [-0.1, -0.05) is 6.07 Å². The molecule has 2 rings (SSSR count). The Balaban J connectivity index is 2.74. The van der Waals surface area contributed by atoms with Crippen LogP contribution >= 0.6 is 0 Å². The molecular formula is C12H13NO3. The van der Waals surface area contributed by atoms with Gasteiger partial charge in [0.25, 0.3) is 0 Å². The molecule has 1 heterocycles. The smallest absolute Gasteiger partial charge is 0.337 e. The summed E-state index contributed by atoms with van der Waals surface area (Å²) in [6.07, 6.45) is 0. The Morgan fingerprint density at radius 3 is 2.56 bits per heavy atom. The van der Waals surface area contributed by atoms with Crippen molar-refractivity contribution in [3.63, 3.8) is 0 Å². The first kappa shape index (κ1) is 10.7. The molecule has 0 saturated heterocycles. The van der Waals surface area contributed by atoms with Crippen molar-refractivity contribution in [2.45, 2.75) is 26.2 Å². The third-order valence-electron chi connectivity index (χ3n) is 2.99. The second-order valence-corrected chi connectivity index (χ2v) is 4.62. The molecular weight excluding hydrogens is 206 g/mol. The van der Waals surface area contributed by atoms with Crippen LogP contribution in [0.2, 0.25) is 0 Å². The highest BCUT2D eigenvalue weighted by Gasteiger charge is 2.40. The molecule has 0 bridgehead atoms. The summed E-state index contributed by atoms with van der Waals surface area (Å²) in [5.74, 6) is -1.17. The van der Waals surface area contributed by atoms with Gasteiger partial charge in [0, 0.05) is 0 Å². The van der Waals surface area contributed by atoms with Gasteiger partial charge in [0.15, 0.2) is 0 Å². The quantitative estimate of drug-likeness (QED) is 0.758. The van der Waals surface area contributed by atoms with Gasteiger partial charge in [0.05, 0.1) is 16.7 Å². The summed E-state index contributed by atoms with van der Waals surface area (Å²) in [4.78, 5) is 22.8. The lowest BCUT2D eigenvalue weighted by molar-refractivity contribution is -0.119. The number of aromatic carboxylic acids is 1.